The van der Waals surface area contributed by atoms with Gasteiger partial charge in [-0.15, -0.1) is 0 Å². The van der Waals surface area contributed by atoms with E-state index >= 15 is 0 Å². The maximum absolute atomic E-state index is 8.70. The zero-order valence-electron chi connectivity index (χ0n) is 35.0. The third-order valence-corrected chi connectivity index (χ3v) is 12.9. The number of benzene rings is 6. The largest absolute Gasteiger partial charge is 0.0877 e. The second kappa shape index (κ2) is 11.3. The van der Waals surface area contributed by atoms with Gasteiger partial charge in [-0.05, 0) is 119 Å². The van der Waals surface area contributed by atoms with Crippen LogP contribution >= 0.6 is 47.0 Å². The van der Waals surface area contributed by atoms with Crippen LogP contribution in [0.2, 0.25) is 0 Å². The predicted molar refractivity (Wildman–Crippen MR) is 191 cm³/mol. The summed E-state index contributed by atoms with van der Waals surface area (Å²) in [6, 6.07) is 31.8. The number of rotatable bonds is 3. The van der Waals surface area contributed by atoms with Gasteiger partial charge in [0.05, 0.1) is 0 Å². The molecule has 0 fully saturated rings. The molecule has 0 saturated carbocycles. The van der Waals surface area contributed by atoms with Gasteiger partial charge in [0, 0.05) is 55.6 Å². The highest BCUT2D eigenvalue weighted by Crippen LogP contribution is 2.53. The standard InChI is InChI=1S/C40H30S4/c1-23-21-31(25(3)19-29(23)27-11-9-17-37-39(27)43-35-15-7-5-13-33(35)41-37)32-22-24(2)30(20-26(32)4)28-12-10-18-38-40(28)44-36-16-8-6-14-34(36)42-38/h5-22H,1-4H3/i1D3,2D3,3D3,4D3. The lowest BCUT2D eigenvalue weighted by Gasteiger charge is -2.23. The van der Waals surface area contributed by atoms with E-state index in [-0.39, 0.29) is 44.5 Å². The summed E-state index contributed by atoms with van der Waals surface area (Å²) in [5.41, 5.74) is 0.123. The molecule has 2 heterocycles. The molecule has 0 bridgehead atoms. The van der Waals surface area contributed by atoms with E-state index in [1.165, 1.54) is 71.3 Å². The van der Waals surface area contributed by atoms with Crippen LogP contribution in [-0.2, 0) is 0 Å². The summed E-state index contributed by atoms with van der Waals surface area (Å²) in [5.74, 6) is 0. The summed E-state index contributed by atoms with van der Waals surface area (Å²) in [6.07, 6.45) is 0. The summed E-state index contributed by atoms with van der Waals surface area (Å²) >= 11 is 6.01. The summed E-state index contributed by atoms with van der Waals surface area (Å²) in [7, 11) is 0. The van der Waals surface area contributed by atoms with E-state index in [4.69, 9.17) is 16.4 Å². The molecule has 0 spiro atoms. The van der Waals surface area contributed by atoms with Crippen molar-refractivity contribution in [1.82, 2.24) is 0 Å². The van der Waals surface area contributed by atoms with Crippen molar-refractivity contribution >= 4 is 47.0 Å². The monoisotopic (exact) mass is 650 g/mol. The molecule has 0 radical (unpaired) electrons. The van der Waals surface area contributed by atoms with Gasteiger partial charge < -0.3 is 0 Å². The van der Waals surface area contributed by atoms with Crippen molar-refractivity contribution in [1.29, 1.82) is 0 Å². The molecule has 6 aromatic rings. The van der Waals surface area contributed by atoms with Crippen molar-refractivity contribution in [3.8, 4) is 33.4 Å². The predicted octanol–water partition coefficient (Wildman–Crippen LogP) is 13.2. The Morgan fingerprint density at radius 2 is 0.659 bits per heavy atom. The van der Waals surface area contributed by atoms with Gasteiger partial charge in [-0.3, -0.25) is 0 Å². The van der Waals surface area contributed by atoms with Crippen LogP contribution in [0.4, 0.5) is 0 Å². The summed E-state index contributed by atoms with van der Waals surface area (Å²) in [6.45, 7) is -11.3. The van der Waals surface area contributed by atoms with Crippen molar-refractivity contribution in [3.63, 3.8) is 0 Å². The highest BCUT2D eigenvalue weighted by atomic mass is 32.2. The molecular weight excluding hydrogens is 609 g/mol. The SMILES string of the molecule is [2H]C([2H])([2H])c1cc(-c2cccc3c2Sc2ccccc2S3)c(C([2H])([2H])[2H])cc1-c1cc(C([2H])([2H])[2H])c(-c2cccc3c2Sc2ccccc2S3)cc1C([2H])([2H])[2H]. The van der Waals surface area contributed by atoms with Gasteiger partial charge in [-0.25, -0.2) is 0 Å². The average molecular weight is 651 g/mol. The van der Waals surface area contributed by atoms with Crippen LogP contribution < -0.4 is 0 Å². The molecule has 8 rings (SSSR count). The first-order valence-electron chi connectivity index (χ1n) is 19.8. The van der Waals surface area contributed by atoms with Crippen molar-refractivity contribution in [2.24, 2.45) is 0 Å². The minimum Gasteiger partial charge on any atom is -0.0877 e. The number of hydrogen-bond donors (Lipinski definition) is 0. The van der Waals surface area contributed by atoms with E-state index < -0.39 is 27.4 Å². The maximum Gasteiger partial charge on any atom is 0.0340 e. The van der Waals surface area contributed by atoms with E-state index in [9.17, 15) is 0 Å². The average Bonchev–Trinajstić information content (AvgIpc) is 3.13. The molecule has 0 aromatic heterocycles. The topological polar surface area (TPSA) is 0 Å². The smallest absolute Gasteiger partial charge is 0.0340 e. The summed E-state index contributed by atoms with van der Waals surface area (Å²) in [5, 5.41) is 0. The van der Waals surface area contributed by atoms with Gasteiger partial charge in [-0.2, -0.15) is 0 Å². The van der Waals surface area contributed by atoms with Crippen molar-refractivity contribution < 1.29 is 16.4 Å². The van der Waals surface area contributed by atoms with Crippen LogP contribution in [-0.4, -0.2) is 0 Å². The third-order valence-electron chi connectivity index (χ3n) is 7.71. The second-order valence-electron chi connectivity index (χ2n) is 10.5. The van der Waals surface area contributed by atoms with Crippen LogP contribution in [0.3, 0.4) is 0 Å². The number of aryl methyl sites for hydroxylation is 4. The highest BCUT2D eigenvalue weighted by Gasteiger charge is 2.23. The molecule has 214 valence electrons. The minimum atomic E-state index is -2.86. The van der Waals surface area contributed by atoms with Gasteiger partial charge in [0.1, 0.15) is 0 Å². The zero-order chi connectivity index (χ0) is 39.9. The lowest BCUT2D eigenvalue weighted by Crippen LogP contribution is -1.97. The first-order chi connectivity index (χ1) is 26.3. The molecule has 0 unspecified atom stereocenters. The Morgan fingerprint density at radius 1 is 0.341 bits per heavy atom. The Kier molecular flexibility index (Phi) is 4.61. The molecule has 2 aliphatic rings. The zero-order valence-corrected chi connectivity index (χ0v) is 26.3. The van der Waals surface area contributed by atoms with Crippen LogP contribution in [0.15, 0.2) is 148 Å². The fraction of sp³-hybridized carbons (Fsp3) is 0.100. The van der Waals surface area contributed by atoms with Gasteiger partial charge in [0.2, 0.25) is 0 Å². The first-order valence-corrected chi connectivity index (χ1v) is 17.1. The summed E-state index contributed by atoms with van der Waals surface area (Å²) in [4.78, 5) is 7.34. The quantitative estimate of drug-likeness (QED) is 0.186. The van der Waals surface area contributed by atoms with Crippen molar-refractivity contribution in [2.45, 2.75) is 66.6 Å². The molecule has 0 amide bonds. The Bertz CT molecular complexity index is 2370. The van der Waals surface area contributed by atoms with Crippen LogP contribution in [0.1, 0.15) is 38.7 Å². The molecule has 6 aromatic carbocycles. The van der Waals surface area contributed by atoms with E-state index in [2.05, 4.69) is 0 Å². The van der Waals surface area contributed by atoms with E-state index in [0.29, 0.717) is 11.1 Å². The Balaban J connectivity index is 1.39. The molecule has 2 aliphatic heterocycles. The van der Waals surface area contributed by atoms with Crippen molar-refractivity contribution in [2.75, 3.05) is 0 Å². The van der Waals surface area contributed by atoms with Crippen LogP contribution in [0.5, 0.6) is 0 Å². The normalized spacial score (nSPS) is 18.3. The lowest BCUT2D eigenvalue weighted by molar-refractivity contribution is 1.16. The minimum absolute atomic E-state index is 0.172. The fourth-order valence-corrected chi connectivity index (χ4v) is 10.4. The van der Waals surface area contributed by atoms with Crippen LogP contribution in [0, 0.1) is 27.4 Å². The second-order valence-corrected chi connectivity index (χ2v) is 14.7. The van der Waals surface area contributed by atoms with Gasteiger partial charge in [-0.1, -0.05) is 120 Å². The Labute approximate surface area is 294 Å². The number of hydrogen-bond acceptors (Lipinski definition) is 4. The maximum atomic E-state index is 8.70. The summed E-state index contributed by atoms with van der Waals surface area (Å²) < 4.78 is 104. The van der Waals surface area contributed by atoms with Gasteiger partial charge in [0.15, 0.2) is 0 Å². The molecule has 0 atom stereocenters. The van der Waals surface area contributed by atoms with E-state index in [1.54, 1.807) is 24.3 Å². The molecule has 0 nitrogen and oxygen atoms in total. The molecule has 0 N–H and O–H groups in total. The first kappa shape index (κ1) is 18.0. The fourth-order valence-electron chi connectivity index (χ4n) is 5.61. The molecule has 44 heavy (non-hydrogen) atoms. The molecule has 0 aliphatic carbocycles. The Hall–Kier alpha value is -3.28. The van der Waals surface area contributed by atoms with Gasteiger partial charge in [0.25, 0.3) is 0 Å². The number of fused-ring (bicyclic) bond motifs is 4. The Morgan fingerprint density at radius 3 is 1.02 bits per heavy atom. The van der Waals surface area contributed by atoms with E-state index in [0.717, 1.165) is 39.2 Å². The molecular formula is C40H30S4. The lowest BCUT2D eigenvalue weighted by atomic mass is 9.87. The highest BCUT2D eigenvalue weighted by molar-refractivity contribution is 8.05. The van der Waals surface area contributed by atoms with Crippen molar-refractivity contribution in [3.05, 3.63) is 131 Å². The van der Waals surface area contributed by atoms with E-state index in [1.807, 2.05) is 60.7 Å². The van der Waals surface area contributed by atoms with Crippen LogP contribution in [0.25, 0.3) is 33.4 Å². The third kappa shape index (κ3) is 4.84. The molecule has 4 heteroatoms. The van der Waals surface area contributed by atoms with Gasteiger partial charge >= 0.3 is 0 Å². The molecule has 0 saturated heterocycles.